The van der Waals surface area contributed by atoms with E-state index >= 15 is 0 Å². The molecule has 0 aliphatic rings. The van der Waals surface area contributed by atoms with E-state index in [1.165, 1.54) is 19.3 Å². The van der Waals surface area contributed by atoms with E-state index in [1.54, 1.807) is 4.57 Å². The molecule has 4 heteroatoms. The lowest BCUT2D eigenvalue weighted by Crippen LogP contribution is -2.31. The van der Waals surface area contributed by atoms with Gasteiger partial charge in [-0.25, -0.2) is 4.98 Å². The first-order valence-corrected chi connectivity index (χ1v) is 9.94. The average molecular weight is 364 g/mol. The Morgan fingerprint density at radius 3 is 2.56 bits per heavy atom. The number of aromatic nitrogens is 2. The van der Waals surface area contributed by atoms with Crippen molar-refractivity contribution in [3.8, 4) is 5.69 Å². The third kappa shape index (κ3) is 4.28. The maximum Gasteiger partial charge on any atom is 0.266 e. The molecule has 0 bridgehead atoms. The van der Waals surface area contributed by atoms with Crippen LogP contribution < -0.4 is 10.9 Å². The number of nitrogens with one attached hydrogen (secondary N) is 1. The first-order chi connectivity index (χ1) is 13.1. The Labute approximate surface area is 161 Å². The van der Waals surface area contributed by atoms with Gasteiger partial charge in [-0.15, -0.1) is 0 Å². The lowest BCUT2D eigenvalue weighted by atomic mass is 10.1. The predicted molar refractivity (Wildman–Crippen MR) is 113 cm³/mol. The summed E-state index contributed by atoms with van der Waals surface area (Å²) in [6, 6.07) is 15.6. The Morgan fingerprint density at radius 1 is 1.04 bits per heavy atom. The normalized spacial score (nSPS) is 12.4. The summed E-state index contributed by atoms with van der Waals surface area (Å²) in [5.74, 6) is 0.767. The Bertz CT molecular complexity index is 961. The van der Waals surface area contributed by atoms with Crippen molar-refractivity contribution in [1.82, 2.24) is 14.9 Å². The lowest BCUT2D eigenvalue weighted by Gasteiger charge is -2.20. The van der Waals surface area contributed by atoms with Gasteiger partial charge in [-0.2, -0.15) is 0 Å². The van der Waals surface area contributed by atoms with E-state index in [4.69, 9.17) is 4.98 Å². The summed E-state index contributed by atoms with van der Waals surface area (Å²) in [5.41, 5.74) is 2.70. The van der Waals surface area contributed by atoms with Gasteiger partial charge >= 0.3 is 0 Å². The quantitative estimate of drug-likeness (QED) is 0.578. The molecule has 2 aromatic carbocycles. The van der Waals surface area contributed by atoms with Crippen molar-refractivity contribution in [2.75, 3.05) is 6.54 Å². The second kappa shape index (κ2) is 8.96. The van der Waals surface area contributed by atoms with Gasteiger partial charge in [0, 0.05) is 0 Å². The Morgan fingerprint density at radius 2 is 1.78 bits per heavy atom. The molecule has 3 rings (SSSR count). The van der Waals surface area contributed by atoms with Crippen LogP contribution in [0.2, 0.25) is 0 Å². The van der Waals surface area contributed by atoms with Crippen molar-refractivity contribution < 1.29 is 0 Å². The second-order valence-corrected chi connectivity index (χ2v) is 7.15. The first kappa shape index (κ1) is 19.3. The van der Waals surface area contributed by atoms with Crippen LogP contribution in [0.1, 0.15) is 57.0 Å². The molecule has 1 aromatic heterocycles. The summed E-state index contributed by atoms with van der Waals surface area (Å²) < 4.78 is 1.78. The predicted octanol–water partition coefficient (Wildman–Crippen LogP) is 4.93. The molecular formula is C23H29N3O. The number of para-hydroxylation sites is 2. The minimum atomic E-state index is -0.0106. The molecule has 1 atom stereocenters. The summed E-state index contributed by atoms with van der Waals surface area (Å²) in [5, 5.41) is 4.21. The Hall–Kier alpha value is -2.46. The van der Waals surface area contributed by atoms with E-state index in [9.17, 15) is 4.79 Å². The minimum Gasteiger partial charge on any atom is -0.308 e. The number of benzene rings is 2. The molecule has 0 saturated heterocycles. The van der Waals surface area contributed by atoms with Gasteiger partial charge in [-0.05, 0) is 50.6 Å². The molecule has 0 amide bonds. The number of hydrogen-bond acceptors (Lipinski definition) is 3. The maximum atomic E-state index is 13.3. The zero-order chi connectivity index (χ0) is 19.2. The summed E-state index contributed by atoms with van der Waals surface area (Å²) in [6.45, 7) is 7.27. The standard InChI is InChI=1S/C23H29N3O/c1-4-5-6-11-16-24-18(3)22-25-20-14-9-8-13-19(20)23(27)26(22)21-15-10-7-12-17(21)2/h7-10,12-15,18,24H,4-6,11,16H2,1-3H3/t18-/m0/s1. The van der Waals surface area contributed by atoms with Gasteiger partial charge in [0.25, 0.3) is 5.56 Å². The number of nitrogens with zero attached hydrogens (tertiary/aromatic N) is 2. The number of unbranched alkanes of at least 4 members (excludes halogenated alkanes) is 3. The fraction of sp³-hybridized carbons (Fsp3) is 0.391. The average Bonchev–Trinajstić information content (AvgIpc) is 2.68. The van der Waals surface area contributed by atoms with Crippen molar-refractivity contribution in [1.29, 1.82) is 0 Å². The van der Waals surface area contributed by atoms with Gasteiger partial charge in [0.2, 0.25) is 0 Å². The van der Waals surface area contributed by atoms with Crippen LogP contribution in [0.25, 0.3) is 16.6 Å². The number of hydrogen-bond donors (Lipinski definition) is 1. The number of rotatable bonds is 8. The lowest BCUT2D eigenvalue weighted by molar-refractivity contribution is 0.508. The van der Waals surface area contributed by atoms with Crippen molar-refractivity contribution in [2.45, 2.75) is 52.5 Å². The first-order valence-electron chi connectivity index (χ1n) is 9.94. The summed E-state index contributed by atoms with van der Waals surface area (Å²) in [4.78, 5) is 18.2. The van der Waals surface area contributed by atoms with Gasteiger partial charge < -0.3 is 5.32 Å². The van der Waals surface area contributed by atoms with Crippen molar-refractivity contribution in [3.63, 3.8) is 0 Å². The highest BCUT2D eigenvalue weighted by molar-refractivity contribution is 5.78. The van der Waals surface area contributed by atoms with E-state index in [-0.39, 0.29) is 11.6 Å². The van der Waals surface area contributed by atoms with Crippen molar-refractivity contribution in [2.24, 2.45) is 0 Å². The summed E-state index contributed by atoms with van der Waals surface area (Å²) in [6.07, 6.45) is 4.86. The monoisotopic (exact) mass is 363 g/mol. The van der Waals surface area contributed by atoms with Crippen LogP contribution in [0.4, 0.5) is 0 Å². The highest BCUT2D eigenvalue weighted by Crippen LogP contribution is 2.20. The van der Waals surface area contributed by atoms with E-state index in [0.717, 1.165) is 35.6 Å². The Balaban J connectivity index is 2.03. The molecule has 142 valence electrons. The third-order valence-corrected chi connectivity index (χ3v) is 5.03. The molecule has 1 heterocycles. The molecule has 4 nitrogen and oxygen atoms in total. The SMILES string of the molecule is CCCCCCN[C@@H](C)c1nc2ccccc2c(=O)n1-c1ccccc1C. The maximum absolute atomic E-state index is 13.3. The second-order valence-electron chi connectivity index (χ2n) is 7.15. The van der Waals surface area contributed by atoms with Gasteiger partial charge in [-0.1, -0.05) is 56.5 Å². The van der Waals surface area contributed by atoms with E-state index in [2.05, 4.69) is 19.2 Å². The molecule has 0 fully saturated rings. The van der Waals surface area contributed by atoms with Crippen LogP contribution in [0, 0.1) is 6.92 Å². The van der Waals surface area contributed by atoms with E-state index in [1.807, 2.05) is 55.5 Å². The molecular weight excluding hydrogens is 334 g/mol. The van der Waals surface area contributed by atoms with Gasteiger partial charge in [-0.3, -0.25) is 9.36 Å². The van der Waals surface area contributed by atoms with Crippen LogP contribution >= 0.6 is 0 Å². The third-order valence-electron chi connectivity index (χ3n) is 5.03. The highest BCUT2D eigenvalue weighted by atomic mass is 16.1. The largest absolute Gasteiger partial charge is 0.308 e. The molecule has 0 aliphatic carbocycles. The minimum absolute atomic E-state index is 0.00969. The topological polar surface area (TPSA) is 46.9 Å². The van der Waals surface area contributed by atoms with Crippen molar-refractivity contribution >= 4 is 10.9 Å². The molecule has 3 aromatic rings. The van der Waals surface area contributed by atoms with Gasteiger partial charge in [0.05, 0.1) is 22.6 Å². The fourth-order valence-corrected chi connectivity index (χ4v) is 3.45. The van der Waals surface area contributed by atoms with Crippen LogP contribution in [0.5, 0.6) is 0 Å². The fourth-order valence-electron chi connectivity index (χ4n) is 3.45. The van der Waals surface area contributed by atoms with Gasteiger partial charge in [0.1, 0.15) is 5.82 Å². The highest BCUT2D eigenvalue weighted by Gasteiger charge is 2.18. The Kier molecular flexibility index (Phi) is 6.40. The summed E-state index contributed by atoms with van der Waals surface area (Å²) >= 11 is 0. The van der Waals surface area contributed by atoms with Gasteiger partial charge in [0.15, 0.2) is 0 Å². The van der Waals surface area contributed by atoms with E-state index < -0.39 is 0 Å². The molecule has 0 radical (unpaired) electrons. The summed E-state index contributed by atoms with van der Waals surface area (Å²) in [7, 11) is 0. The number of fused-ring (bicyclic) bond motifs is 1. The van der Waals surface area contributed by atoms with Crippen LogP contribution in [-0.4, -0.2) is 16.1 Å². The zero-order valence-corrected chi connectivity index (χ0v) is 16.5. The molecule has 0 aliphatic heterocycles. The van der Waals surface area contributed by atoms with Crippen LogP contribution in [0.15, 0.2) is 53.3 Å². The van der Waals surface area contributed by atoms with Crippen molar-refractivity contribution in [3.05, 3.63) is 70.3 Å². The molecule has 27 heavy (non-hydrogen) atoms. The molecule has 1 N–H and O–H groups in total. The van der Waals surface area contributed by atoms with Crippen LogP contribution in [-0.2, 0) is 0 Å². The zero-order valence-electron chi connectivity index (χ0n) is 16.5. The number of aryl methyl sites for hydroxylation is 1. The molecule has 0 saturated carbocycles. The van der Waals surface area contributed by atoms with E-state index in [0.29, 0.717) is 5.39 Å². The smallest absolute Gasteiger partial charge is 0.266 e. The molecule has 0 unspecified atom stereocenters. The van der Waals surface area contributed by atoms with Crippen LogP contribution in [0.3, 0.4) is 0 Å². The molecule has 0 spiro atoms.